The number of nitrogens with two attached hydrogens (primary N) is 1. The summed E-state index contributed by atoms with van der Waals surface area (Å²) in [5.41, 5.74) is 6.10. The summed E-state index contributed by atoms with van der Waals surface area (Å²) in [6.07, 6.45) is 1.73. The second-order valence-electron chi connectivity index (χ2n) is 3.92. The van der Waals surface area contributed by atoms with Crippen molar-refractivity contribution in [2.75, 3.05) is 0 Å². The lowest BCUT2D eigenvalue weighted by atomic mass is 10.00. The van der Waals surface area contributed by atoms with E-state index in [1.165, 1.54) is 5.56 Å². The Morgan fingerprint density at radius 3 is 2.29 bits per heavy atom. The highest BCUT2D eigenvalue weighted by Gasteiger charge is 2.12. The van der Waals surface area contributed by atoms with Gasteiger partial charge in [0.25, 0.3) is 0 Å². The van der Waals surface area contributed by atoms with Crippen molar-refractivity contribution in [1.29, 1.82) is 0 Å². The molecule has 0 saturated heterocycles. The predicted molar refractivity (Wildman–Crippen MR) is 69.6 cm³/mol. The summed E-state index contributed by atoms with van der Waals surface area (Å²) < 4.78 is 0. The molecular weight excluding hydrogens is 234 g/mol. The van der Waals surface area contributed by atoms with Crippen LogP contribution in [0.1, 0.15) is 22.7 Å². The summed E-state index contributed by atoms with van der Waals surface area (Å²) in [6.45, 7) is 2.05. The SMILES string of the molecule is Cc1ccc(C(NN)c2ccc(Cl)nc2)cc1. The number of benzene rings is 1. The van der Waals surface area contributed by atoms with Gasteiger partial charge in [-0.1, -0.05) is 47.5 Å². The van der Waals surface area contributed by atoms with E-state index >= 15 is 0 Å². The smallest absolute Gasteiger partial charge is 0.129 e. The number of hydrogen-bond donors (Lipinski definition) is 2. The number of aryl methyl sites for hydroxylation is 1. The summed E-state index contributed by atoms with van der Waals surface area (Å²) in [5, 5.41) is 0.480. The summed E-state index contributed by atoms with van der Waals surface area (Å²) >= 11 is 5.76. The monoisotopic (exact) mass is 247 g/mol. The van der Waals surface area contributed by atoms with E-state index in [1.54, 1.807) is 12.3 Å². The molecule has 0 saturated carbocycles. The van der Waals surface area contributed by atoms with Gasteiger partial charge in [0.1, 0.15) is 5.15 Å². The molecule has 1 aromatic carbocycles. The van der Waals surface area contributed by atoms with Crippen LogP contribution in [0, 0.1) is 6.92 Å². The third-order valence-corrected chi connectivity index (χ3v) is 2.88. The van der Waals surface area contributed by atoms with Crippen LogP contribution in [0.2, 0.25) is 5.15 Å². The topological polar surface area (TPSA) is 50.9 Å². The average Bonchev–Trinajstić information content (AvgIpc) is 2.35. The van der Waals surface area contributed by atoms with E-state index in [2.05, 4.69) is 41.6 Å². The molecule has 3 N–H and O–H groups in total. The molecule has 0 radical (unpaired) electrons. The lowest BCUT2D eigenvalue weighted by Gasteiger charge is -2.16. The van der Waals surface area contributed by atoms with Crippen LogP contribution in [0.3, 0.4) is 0 Å². The van der Waals surface area contributed by atoms with E-state index < -0.39 is 0 Å². The minimum atomic E-state index is -0.0691. The Morgan fingerprint density at radius 1 is 1.12 bits per heavy atom. The Hall–Kier alpha value is -1.42. The van der Waals surface area contributed by atoms with E-state index in [0.29, 0.717) is 5.15 Å². The van der Waals surface area contributed by atoms with Crippen molar-refractivity contribution >= 4 is 11.6 Å². The second kappa shape index (κ2) is 5.27. The van der Waals surface area contributed by atoms with E-state index in [4.69, 9.17) is 17.4 Å². The zero-order valence-corrected chi connectivity index (χ0v) is 10.3. The van der Waals surface area contributed by atoms with Gasteiger partial charge in [-0.05, 0) is 24.1 Å². The molecule has 17 heavy (non-hydrogen) atoms. The molecule has 1 atom stereocenters. The third kappa shape index (κ3) is 2.82. The molecule has 0 spiro atoms. The summed E-state index contributed by atoms with van der Waals surface area (Å²) in [7, 11) is 0. The van der Waals surface area contributed by atoms with Crippen molar-refractivity contribution in [3.8, 4) is 0 Å². The van der Waals surface area contributed by atoms with Gasteiger partial charge in [-0.2, -0.15) is 0 Å². The molecule has 0 amide bonds. The van der Waals surface area contributed by atoms with Crippen LogP contribution < -0.4 is 11.3 Å². The molecule has 4 heteroatoms. The number of halogens is 1. The van der Waals surface area contributed by atoms with Crippen LogP contribution in [-0.2, 0) is 0 Å². The van der Waals surface area contributed by atoms with E-state index in [0.717, 1.165) is 11.1 Å². The fourth-order valence-corrected chi connectivity index (χ4v) is 1.81. The molecule has 0 aliphatic rings. The van der Waals surface area contributed by atoms with Gasteiger partial charge in [0.15, 0.2) is 0 Å². The fourth-order valence-electron chi connectivity index (χ4n) is 1.70. The summed E-state index contributed by atoms with van der Waals surface area (Å²) in [5.74, 6) is 5.60. The van der Waals surface area contributed by atoms with Gasteiger partial charge in [-0.25, -0.2) is 10.4 Å². The lowest BCUT2D eigenvalue weighted by molar-refractivity contribution is 0.634. The van der Waals surface area contributed by atoms with Crippen LogP contribution >= 0.6 is 11.6 Å². The summed E-state index contributed by atoms with van der Waals surface area (Å²) in [4.78, 5) is 4.06. The fraction of sp³-hybridized carbons (Fsp3) is 0.154. The number of nitrogens with zero attached hydrogens (tertiary/aromatic N) is 1. The maximum Gasteiger partial charge on any atom is 0.129 e. The molecule has 1 unspecified atom stereocenters. The van der Waals surface area contributed by atoms with E-state index in [9.17, 15) is 0 Å². The largest absolute Gasteiger partial charge is 0.271 e. The van der Waals surface area contributed by atoms with Crippen LogP contribution in [0.4, 0.5) is 0 Å². The van der Waals surface area contributed by atoms with Gasteiger partial charge in [0.2, 0.25) is 0 Å². The first-order chi connectivity index (χ1) is 8.20. The summed E-state index contributed by atoms with van der Waals surface area (Å²) in [6, 6.07) is 11.8. The molecule has 2 rings (SSSR count). The number of pyridine rings is 1. The number of nitrogens with one attached hydrogen (secondary N) is 1. The molecule has 0 fully saturated rings. The van der Waals surface area contributed by atoms with Crippen molar-refractivity contribution in [3.63, 3.8) is 0 Å². The zero-order chi connectivity index (χ0) is 12.3. The number of hydrazine groups is 1. The van der Waals surface area contributed by atoms with Crippen LogP contribution in [-0.4, -0.2) is 4.98 Å². The van der Waals surface area contributed by atoms with Crippen LogP contribution in [0.15, 0.2) is 42.6 Å². The van der Waals surface area contributed by atoms with E-state index in [-0.39, 0.29) is 6.04 Å². The number of hydrogen-bond acceptors (Lipinski definition) is 3. The minimum Gasteiger partial charge on any atom is -0.271 e. The molecule has 2 aromatic rings. The third-order valence-electron chi connectivity index (χ3n) is 2.66. The Labute approximate surface area is 106 Å². The highest BCUT2D eigenvalue weighted by molar-refractivity contribution is 6.29. The maximum atomic E-state index is 5.76. The Kier molecular flexibility index (Phi) is 3.74. The quantitative estimate of drug-likeness (QED) is 0.498. The first-order valence-corrected chi connectivity index (χ1v) is 5.72. The maximum absolute atomic E-state index is 5.76. The van der Waals surface area contributed by atoms with Gasteiger partial charge >= 0.3 is 0 Å². The Morgan fingerprint density at radius 2 is 1.76 bits per heavy atom. The Bertz CT molecular complexity index is 434. The molecule has 1 heterocycles. The van der Waals surface area contributed by atoms with Crippen molar-refractivity contribution in [1.82, 2.24) is 10.4 Å². The Balaban J connectivity index is 2.33. The minimum absolute atomic E-state index is 0.0691. The standard InChI is InChI=1S/C13H14ClN3/c1-9-2-4-10(5-3-9)13(17-15)11-6-7-12(14)16-8-11/h2-8,13,17H,15H2,1H3. The molecule has 3 nitrogen and oxygen atoms in total. The normalized spacial score (nSPS) is 12.4. The first-order valence-electron chi connectivity index (χ1n) is 5.35. The number of aromatic nitrogens is 1. The zero-order valence-electron chi connectivity index (χ0n) is 9.52. The molecular formula is C13H14ClN3. The highest BCUT2D eigenvalue weighted by atomic mass is 35.5. The van der Waals surface area contributed by atoms with Gasteiger partial charge < -0.3 is 0 Å². The molecule has 0 aliphatic heterocycles. The molecule has 0 aliphatic carbocycles. The van der Waals surface area contributed by atoms with E-state index in [1.807, 2.05) is 6.07 Å². The van der Waals surface area contributed by atoms with Crippen LogP contribution in [0.5, 0.6) is 0 Å². The van der Waals surface area contributed by atoms with Gasteiger partial charge in [0.05, 0.1) is 6.04 Å². The van der Waals surface area contributed by atoms with Gasteiger partial charge in [-0.3, -0.25) is 5.84 Å². The van der Waals surface area contributed by atoms with Gasteiger partial charge in [0, 0.05) is 6.20 Å². The average molecular weight is 248 g/mol. The molecule has 1 aromatic heterocycles. The molecule has 0 bridgehead atoms. The van der Waals surface area contributed by atoms with Crippen molar-refractivity contribution in [2.45, 2.75) is 13.0 Å². The lowest BCUT2D eigenvalue weighted by Crippen LogP contribution is -2.28. The van der Waals surface area contributed by atoms with Crippen molar-refractivity contribution in [2.24, 2.45) is 5.84 Å². The number of rotatable bonds is 3. The predicted octanol–water partition coefficient (Wildman–Crippen LogP) is 2.60. The highest BCUT2D eigenvalue weighted by Crippen LogP contribution is 2.21. The van der Waals surface area contributed by atoms with Crippen molar-refractivity contribution < 1.29 is 0 Å². The first kappa shape index (κ1) is 12.0. The second-order valence-corrected chi connectivity index (χ2v) is 4.31. The van der Waals surface area contributed by atoms with Crippen molar-refractivity contribution in [3.05, 3.63) is 64.4 Å². The van der Waals surface area contributed by atoms with Crippen LogP contribution in [0.25, 0.3) is 0 Å². The molecule has 88 valence electrons. The van der Waals surface area contributed by atoms with Gasteiger partial charge in [-0.15, -0.1) is 0 Å².